The van der Waals surface area contributed by atoms with E-state index < -0.39 is 0 Å². The summed E-state index contributed by atoms with van der Waals surface area (Å²) in [6.45, 7) is 1.91. The summed E-state index contributed by atoms with van der Waals surface area (Å²) in [7, 11) is 0. The lowest BCUT2D eigenvalue weighted by Crippen LogP contribution is -2.10. The fraction of sp³-hybridized carbons (Fsp3) is 0.429. The van der Waals surface area contributed by atoms with E-state index in [1.54, 1.807) is 12.1 Å². The number of hydrogen-bond donors (Lipinski definition) is 1. The summed E-state index contributed by atoms with van der Waals surface area (Å²) in [6.07, 6.45) is 4.60. The molecule has 0 saturated heterocycles. The highest BCUT2D eigenvalue weighted by molar-refractivity contribution is 5.72. The lowest BCUT2D eigenvalue weighted by atomic mass is 10.1. The van der Waals surface area contributed by atoms with Crippen molar-refractivity contribution >= 4 is 5.69 Å². The van der Waals surface area contributed by atoms with E-state index in [4.69, 9.17) is 5.73 Å². The van der Waals surface area contributed by atoms with Crippen molar-refractivity contribution in [3.05, 3.63) is 29.8 Å². The van der Waals surface area contributed by atoms with Crippen LogP contribution in [0.15, 0.2) is 18.2 Å². The second-order valence-corrected chi connectivity index (χ2v) is 5.08. The zero-order valence-corrected chi connectivity index (χ0v) is 10.9. The molecule has 0 atom stereocenters. The number of nitrogens with zero attached hydrogens (tertiary/aromatic N) is 3. The van der Waals surface area contributed by atoms with Crippen molar-refractivity contribution in [1.82, 2.24) is 14.8 Å². The van der Waals surface area contributed by atoms with Crippen molar-refractivity contribution in [3.63, 3.8) is 0 Å². The first-order valence-corrected chi connectivity index (χ1v) is 6.64. The summed E-state index contributed by atoms with van der Waals surface area (Å²) in [5, 5.41) is 8.26. The lowest BCUT2D eigenvalue weighted by molar-refractivity contribution is 0.508. The van der Waals surface area contributed by atoms with E-state index in [0.717, 1.165) is 18.7 Å². The highest BCUT2D eigenvalue weighted by Crippen LogP contribution is 2.36. The first-order valence-electron chi connectivity index (χ1n) is 6.64. The first kappa shape index (κ1) is 12.1. The molecule has 19 heavy (non-hydrogen) atoms. The van der Waals surface area contributed by atoms with Crippen LogP contribution < -0.4 is 5.73 Å². The number of rotatable bonds is 2. The van der Waals surface area contributed by atoms with Gasteiger partial charge in [-0.05, 0) is 31.9 Å². The van der Waals surface area contributed by atoms with Gasteiger partial charge in [-0.25, -0.2) is 4.39 Å². The normalized spacial score (nSPS) is 16.1. The van der Waals surface area contributed by atoms with Gasteiger partial charge >= 0.3 is 0 Å². The Morgan fingerprint density at radius 3 is 2.68 bits per heavy atom. The van der Waals surface area contributed by atoms with Crippen LogP contribution in [0.2, 0.25) is 0 Å². The minimum absolute atomic E-state index is 0.341. The van der Waals surface area contributed by atoms with Gasteiger partial charge in [-0.1, -0.05) is 18.9 Å². The number of nitrogens with two attached hydrogens (primary N) is 1. The van der Waals surface area contributed by atoms with Crippen LogP contribution in [-0.2, 0) is 0 Å². The summed E-state index contributed by atoms with van der Waals surface area (Å²) >= 11 is 0. The number of halogens is 1. The van der Waals surface area contributed by atoms with Crippen LogP contribution in [0.4, 0.5) is 10.1 Å². The maximum absolute atomic E-state index is 14.1. The third-order valence-electron chi connectivity index (χ3n) is 3.83. The highest BCUT2D eigenvalue weighted by atomic mass is 19.1. The van der Waals surface area contributed by atoms with E-state index in [2.05, 4.69) is 10.2 Å². The molecule has 0 radical (unpaired) electrons. The molecule has 1 saturated carbocycles. The largest absolute Gasteiger partial charge is 0.398 e. The standard InChI is InChI=1S/C14H17FN4/c1-9-17-18-14(19(9)10-5-2-3-6-10)13-11(15)7-4-8-12(13)16/h4,7-8,10H,2-3,5-6,16H2,1H3. The second-order valence-electron chi connectivity index (χ2n) is 5.08. The van der Waals surface area contributed by atoms with Crippen molar-refractivity contribution in [2.24, 2.45) is 0 Å². The van der Waals surface area contributed by atoms with E-state index in [9.17, 15) is 4.39 Å². The average Bonchev–Trinajstić information content (AvgIpc) is 2.99. The minimum atomic E-state index is -0.341. The molecule has 1 aliphatic rings. The van der Waals surface area contributed by atoms with Crippen LogP contribution in [0.3, 0.4) is 0 Å². The van der Waals surface area contributed by atoms with Gasteiger partial charge in [0.15, 0.2) is 5.82 Å². The Morgan fingerprint density at radius 2 is 2.00 bits per heavy atom. The van der Waals surface area contributed by atoms with E-state index in [-0.39, 0.29) is 5.82 Å². The Morgan fingerprint density at radius 1 is 1.26 bits per heavy atom. The number of benzene rings is 1. The zero-order chi connectivity index (χ0) is 13.4. The Bertz CT molecular complexity index is 579. The van der Waals surface area contributed by atoms with E-state index >= 15 is 0 Å². The SMILES string of the molecule is Cc1nnc(-c2c(N)cccc2F)n1C1CCCC1. The number of aromatic nitrogens is 3. The molecule has 1 heterocycles. The maximum Gasteiger partial charge on any atom is 0.169 e. The smallest absolute Gasteiger partial charge is 0.169 e. The Balaban J connectivity index is 2.15. The van der Waals surface area contributed by atoms with Gasteiger partial charge in [0.2, 0.25) is 0 Å². The zero-order valence-electron chi connectivity index (χ0n) is 10.9. The van der Waals surface area contributed by atoms with Gasteiger partial charge in [0.05, 0.1) is 5.56 Å². The third-order valence-corrected chi connectivity index (χ3v) is 3.83. The van der Waals surface area contributed by atoms with Gasteiger partial charge in [0.1, 0.15) is 11.6 Å². The summed E-state index contributed by atoms with van der Waals surface area (Å²) in [6, 6.07) is 5.08. The molecule has 0 aliphatic heterocycles. The molecule has 2 aromatic rings. The molecule has 0 bridgehead atoms. The van der Waals surface area contributed by atoms with Crippen LogP contribution in [0, 0.1) is 12.7 Å². The van der Waals surface area contributed by atoms with Gasteiger partial charge in [0, 0.05) is 11.7 Å². The minimum Gasteiger partial charge on any atom is -0.398 e. The molecule has 1 aliphatic carbocycles. The average molecular weight is 260 g/mol. The molecule has 1 fully saturated rings. The van der Waals surface area contributed by atoms with Crippen molar-refractivity contribution in [1.29, 1.82) is 0 Å². The predicted octanol–water partition coefficient (Wildman–Crippen LogP) is 3.09. The number of aryl methyl sites for hydroxylation is 1. The number of anilines is 1. The molecule has 2 N–H and O–H groups in total. The van der Waals surface area contributed by atoms with Gasteiger partial charge in [-0.15, -0.1) is 10.2 Å². The van der Waals surface area contributed by atoms with Crippen LogP contribution in [0.25, 0.3) is 11.4 Å². The van der Waals surface area contributed by atoms with Crippen molar-refractivity contribution in [2.75, 3.05) is 5.73 Å². The first-order chi connectivity index (χ1) is 9.18. The Kier molecular flexibility index (Phi) is 2.97. The number of hydrogen-bond acceptors (Lipinski definition) is 3. The van der Waals surface area contributed by atoms with E-state index in [1.165, 1.54) is 18.9 Å². The molecule has 1 aromatic carbocycles. The summed E-state index contributed by atoms with van der Waals surface area (Å²) in [5.41, 5.74) is 6.69. The van der Waals surface area contributed by atoms with Gasteiger partial charge in [0.25, 0.3) is 0 Å². The predicted molar refractivity (Wildman–Crippen MR) is 72.1 cm³/mol. The summed E-state index contributed by atoms with van der Waals surface area (Å²) < 4.78 is 16.1. The molecule has 0 amide bonds. The monoisotopic (exact) mass is 260 g/mol. The Hall–Kier alpha value is -1.91. The summed E-state index contributed by atoms with van der Waals surface area (Å²) in [4.78, 5) is 0. The van der Waals surface area contributed by atoms with Crippen LogP contribution >= 0.6 is 0 Å². The lowest BCUT2D eigenvalue weighted by Gasteiger charge is -2.16. The molecule has 100 valence electrons. The molecule has 0 spiro atoms. The van der Waals surface area contributed by atoms with Crippen LogP contribution in [0.1, 0.15) is 37.5 Å². The second kappa shape index (κ2) is 4.64. The maximum atomic E-state index is 14.1. The van der Waals surface area contributed by atoms with E-state index in [0.29, 0.717) is 23.1 Å². The van der Waals surface area contributed by atoms with Crippen LogP contribution in [0.5, 0.6) is 0 Å². The molecule has 3 rings (SSSR count). The van der Waals surface area contributed by atoms with Gasteiger partial charge < -0.3 is 10.3 Å². The quantitative estimate of drug-likeness (QED) is 0.844. The van der Waals surface area contributed by atoms with Gasteiger partial charge in [-0.2, -0.15) is 0 Å². The van der Waals surface area contributed by atoms with Gasteiger partial charge in [-0.3, -0.25) is 0 Å². The molecular formula is C14H17FN4. The topological polar surface area (TPSA) is 56.7 Å². The highest BCUT2D eigenvalue weighted by Gasteiger charge is 2.25. The van der Waals surface area contributed by atoms with Crippen molar-refractivity contribution in [2.45, 2.75) is 38.6 Å². The number of nitrogen functional groups attached to an aromatic ring is 1. The van der Waals surface area contributed by atoms with Crippen LogP contribution in [-0.4, -0.2) is 14.8 Å². The Labute approximate surface area is 111 Å². The molecule has 4 nitrogen and oxygen atoms in total. The molecule has 1 aromatic heterocycles. The third kappa shape index (κ3) is 1.99. The van der Waals surface area contributed by atoms with E-state index in [1.807, 2.05) is 11.5 Å². The van der Waals surface area contributed by atoms with Crippen molar-refractivity contribution < 1.29 is 4.39 Å². The molecule has 5 heteroatoms. The fourth-order valence-corrected chi connectivity index (χ4v) is 2.92. The molecule has 0 unspecified atom stereocenters. The summed E-state index contributed by atoms with van der Waals surface area (Å²) in [5.74, 6) is 1.04. The van der Waals surface area contributed by atoms with Crippen molar-refractivity contribution in [3.8, 4) is 11.4 Å². The molecular weight excluding hydrogens is 243 g/mol. The fourth-order valence-electron chi connectivity index (χ4n) is 2.92.